The molecule has 0 radical (unpaired) electrons. The number of nitrogens with zero attached hydrogens (tertiary/aromatic N) is 3. The first kappa shape index (κ1) is 20.0. The van der Waals surface area contributed by atoms with Crippen molar-refractivity contribution in [2.45, 2.75) is 39.2 Å². The number of hydrogen-bond donors (Lipinski definition) is 2. The fourth-order valence-electron chi connectivity index (χ4n) is 3.59. The third-order valence-corrected chi connectivity index (χ3v) is 5.01. The topological polar surface area (TPSA) is 42.9 Å². The average Bonchev–Trinajstić information content (AvgIpc) is 3.15. The fourth-order valence-corrected chi connectivity index (χ4v) is 3.59. The molecule has 22 heavy (non-hydrogen) atoms. The van der Waals surface area contributed by atoms with Crippen LogP contribution in [-0.2, 0) is 0 Å². The van der Waals surface area contributed by atoms with Crippen LogP contribution in [-0.4, -0.2) is 74.7 Å². The van der Waals surface area contributed by atoms with Gasteiger partial charge in [-0.05, 0) is 51.4 Å². The average molecular weight is 423 g/mol. The van der Waals surface area contributed by atoms with Gasteiger partial charge in [0, 0.05) is 32.7 Å². The van der Waals surface area contributed by atoms with Gasteiger partial charge in [-0.25, -0.2) is 0 Å². The summed E-state index contributed by atoms with van der Waals surface area (Å²) in [7, 11) is 1.87. The molecule has 0 bridgehead atoms. The second kappa shape index (κ2) is 10.6. The van der Waals surface area contributed by atoms with Crippen molar-refractivity contribution in [3.05, 3.63) is 0 Å². The Bertz CT molecular complexity index is 336. The van der Waals surface area contributed by atoms with E-state index in [1.165, 1.54) is 45.4 Å². The molecular weight excluding hydrogens is 389 g/mol. The number of halogens is 1. The Hall–Kier alpha value is -0.0800. The predicted molar refractivity (Wildman–Crippen MR) is 105 cm³/mol. The first-order valence-corrected chi connectivity index (χ1v) is 8.67. The first-order chi connectivity index (χ1) is 10.3. The molecule has 2 atom stereocenters. The summed E-state index contributed by atoms with van der Waals surface area (Å²) in [4.78, 5) is 9.46. The maximum Gasteiger partial charge on any atom is 0.191 e. The summed E-state index contributed by atoms with van der Waals surface area (Å²) in [6.07, 6.45) is 3.96. The third kappa shape index (κ3) is 5.85. The highest BCUT2D eigenvalue weighted by molar-refractivity contribution is 14.0. The smallest absolute Gasteiger partial charge is 0.191 e. The van der Waals surface area contributed by atoms with Crippen LogP contribution >= 0.6 is 24.0 Å². The van der Waals surface area contributed by atoms with Crippen molar-refractivity contribution < 1.29 is 0 Å². The van der Waals surface area contributed by atoms with Crippen molar-refractivity contribution in [3.8, 4) is 0 Å². The molecule has 0 aromatic heterocycles. The molecule has 130 valence electrons. The van der Waals surface area contributed by atoms with E-state index < -0.39 is 0 Å². The van der Waals surface area contributed by atoms with E-state index in [-0.39, 0.29) is 24.0 Å². The van der Waals surface area contributed by atoms with E-state index in [2.05, 4.69) is 39.3 Å². The summed E-state index contributed by atoms with van der Waals surface area (Å²) < 4.78 is 0. The van der Waals surface area contributed by atoms with Crippen LogP contribution in [0.25, 0.3) is 0 Å². The van der Waals surface area contributed by atoms with Gasteiger partial charge in [0.25, 0.3) is 0 Å². The molecule has 0 spiro atoms. The van der Waals surface area contributed by atoms with Crippen molar-refractivity contribution in [1.82, 2.24) is 20.4 Å². The summed E-state index contributed by atoms with van der Waals surface area (Å²) in [5.41, 5.74) is 0. The van der Waals surface area contributed by atoms with Crippen LogP contribution < -0.4 is 10.6 Å². The lowest BCUT2D eigenvalue weighted by Crippen LogP contribution is -2.46. The van der Waals surface area contributed by atoms with E-state index >= 15 is 0 Å². The van der Waals surface area contributed by atoms with Gasteiger partial charge in [0.05, 0.1) is 0 Å². The molecule has 0 aromatic rings. The molecule has 0 aliphatic carbocycles. The van der Waals surface area contributed by atoms with Crippen LogP contribution in [0.2, 0.25) is 0 Å². The Morgan fingerprint density at radius 2 is 1.86 bits per heavy atom. The van der Waals surface area contributed by atoms with E-state index in [1.807, 2.05) is 7.05 Å². The van der Waals surface area contributed by atoms with Gasteiger partial charge in [-0.1, -0.05) is 13.8 Å². The number of nitrogens with one attached hydrogen (secondary N) is 2. The Labute approximate surface area is 153 Å². The van der Waals surface area contributed by atoms with Crippen LogP contribution in [0.3, 0.4) is 0 Å². The Balaban J connectivity index is 0.00000242. The van der Waals surface area contributed by atoms with Crippen molar-refractivity contribution in [2.75, 3.05) is 52.9 Å². The number of rotatable bonds is 6. The van der Waals surface area contributed by atoms with E-state index in [0.717, 1.165) is 31.5 Å². The summed E-state index contributed by atoms with van der Waals surface area (Å²) in [6.45, 7) is 12.6. The van der Waals surface area contributed by atoms with Gasteiger partial charge in [-0.15, -0.1) is 24.0 Å². The molecule has 2 heterocycles. The first-order valence-electron chi connectivity index (χ1n) is 8.67. The van der Waals surface area contributed by atoms with E-state index in [4.69, 9.17) is 0 Å². The van der Waals surface area contributed by atoms with Crippen LogP contribution in [0.4, 0.5) is 0 Å². The molecule has 2 unspecified atom stereocenters. The molecule has 5 nitrogen and oxygen atoms in total. The summed E-state index contributed by atoms with van der Waals surface area (Å²) in [5, 5.41) is 7.01. The van der Waals surface area contributed by atoms with E-state index in [9.17, 15) is 0 Å². The summed E-state index contributed by atoms with van der Waals surface area (Å²) in [5.74, 6) is 1.73. The molecule has 2 rings (SSSR count). The maximum absolute atomic E-state index is 4.36. The summed E-state index contributed by atoms with van der Waals surface area (Å²) >= 11 is 0. The van der Waals surface area contributed by atoms with Crippen molar-refractivity contribution in [1.29, 1.82) is 0 Å². The van der Waals surface area contributed by atoms with Crippen molar-refractivity contribution in [3.63, 3.8) is 0 Å². The van der Waals surface area contributed by atoms with Gasteiger partial charge in [0.15, 0.2) is 5.96 Å². The molecule has 2 aliphatic rings. The van der Waals surface area contributed by atoms with Gasteiger partial charge in [-0.3, -0.25) is 9.89 Å². The highest BCUT2D eigenvalue weighted by atomic mass is 127. The molecule has 2 fully saturated rings. The number of aliphatic imine (C=N–C) groups is 1. The minimum absolute atomic E-state index is 0. The molecule has 2 saturated heterocycles. The van der Waals surface area contributed by atoms with Crippen LogP contribution in [0.15, 0.2) is 4.99 Å². The largest absolute Gasteiger partial charge is 0.356 e. The lowest BCUT2D eigenvalue weighted by atomic mass is 10.1. The molecule has 6 heteroatoms. The highest BCUT2D eigenvalue weighted by Gasteiger charge is 2.23. The van der Waals surface area contributed by atoms with Crippen molar-refractivity contribution in [2.24, 2.45) is 10.9 Å². The quantitative estimate of drug-likeness (QED) is 0.387. The number of likely N-dealkylation sites (tertiary alicyclic amines) is 2. The lowest BCUT2D eigenvalue weighted by Gasteiger charge is -2.24. The Morgan fingerprint density at radius 3 is 2.50 bits per heavy atom. The lowest BCUT2D eigenvalue weighted by molar-refractivity contribution is 0.267. The number of hydrogen-bond acceptors (Lipinski definition) is 3. The normalized spacial score (nSPS) is 27.0. The molecule has 2 N–H and O–H groups in total. The van der Waals surface area contributed by atoms with Gasteiger partial charge in [0.2, 0.25) is 0 Å². The number of guanidine groups is 1. The minimum Gasteiger partial charge on any atom is -0.356 e. The predicted octanol–water partition coefficient (Wildman–Crippen LogP) is 1.60. The molecule has 0 aromatic carbocycles. The zero-order chi connectivity index (χ0) is 15.1. The molecule has 0 amide bonds. The Kier molecular flexibility index (Phi) is 9.66. The SMILES string of the molecule is CCN1CCC(CNC(=NC)NCC2CCCN2CC)C1.I. The van der Waals surface area contributed by atoms with Crippen molar-refractivity contribution >= 4 is 29.9 Å². The summed E-state index contributed by atoms with van der Waals surface area (Å²) in [6, 6.07) is 0.676. The fraction of sp³-hybridized carbons (Fsp3) is 0.938. The molecule has 2 aliphatic heterocycles. The van der Waals surface area contributed by atoms with Gasteiger partial charge in [0.1, 0.15) is 0 Å². The molecular formula is C16H34IN5. The third-order valence-electron chi connectivity index (χ3n) is 5.01. The van der Waals surface area contributed by atoms with Gasteiger partial charge < -0.3 is 15.5 Å². The minimum atomic E-state index is 0. The van der Waals surface area contributed by atoms with Gasteiger partial charge >= 0.3 is 0 Å². The monoisotopic (exact) mass is 423 g/mol. The Morgan fingerprint density at radius 1 is 1.09 bits per heavy atom. The van der Waals surface area contributed by atoms with E-state index in [1.54, 1.807) is 0 Å². The molecule has 0 saturated carbocycles. The second-order valence-electron chi connectivity index (χ2n) is 6.31. The zero-order valence-electron chi connectivity index (χ0n) is 14.5. The standard InChI is InChI=1S/C16H33N5.HI/c1-4-20-10-8-14(13-20)11-18-16(17-3)19-12-15-7-6-9-21(15)5-2;/h14-15H,4-13H2,1-3H3,(H2,17,18,19);1H. The second-order valence-corrected chi connectivity index (χ2v) is 6.31. The number of likely N-dealkylation sites (N-methyl/N-ethyl adjacent to an activating group) is 1. The van der Waals surface area contributed by atoms with Crippen LogP contribution in [0.5, 0.6) is 0 Å². The maximum atomic E-state index is 4.36. The van der Waals surface area contributed by atoms with Crippen LogP contribution in [0, 0.1) is 5.92 Å². The van der Waals surface area contributed by atoms with Crippen LogP contribution in [0.1, 0.15) is 33.1 Å². The van der Waals surface area contributed by atoms with E-state index in [0.29, 0.717) is 6.04 Å². The highest BCUT2D eigenvalue weighted by Crippen LogP contribution is 2.16. The zero-order valence-corrected chi connectivity index (χ0v) is 16.8. The van der Waals surface area contributed by atoms with Gasteiger partial charge in [-0.2, -0.15) is 0 Å².